The lowest BCUT2D eigenvalue weighted by atomic mass is 9.99. The van der Waals surface area contributed by atoms with Crippen molar-refractivity contribution in [3.8, 4) is 16.9 Å². The molecule has 0 amide bonds. The molecule has 0 N–H and O–H groups in total. The third-order valence-electron chi connectivity index (χ3n) is 4.74. The summed E-state index contributed by atoms with van der Waals surface area (Å²) in [6, 6.07) is 22.1. The number of halogens is 2. The molecule has 140 valence electrons. The number of ether oxygens (including phenoxy) is 1. The summed E-state index contributed by atoms with van der Waals surface area (Å²) in [6.07, 6.45) is 0. The van der Waals surface area contributed by atoms with Gasteiger partial charge in [0.05, 0.1) is 19.2 Å². The van der Waals surface area contributed by atoms with E-state index in [4.69, 9.17) is 4.74 Å². The molecule has 28 heavy (non-hydrogen) atoms. The number of aromatic nitrogens is 1. The van der Waals surface area contributed by atoms with Crippen molar-refractivity contribution in [1.82, 2.24) is 4.57 Å². The highest BCUT2D eigenvalue weighted by molar-refractivity contribution is 9.10. The minimum Gasteiger partial charge on any atom is -0.491 e. The average molecular weight is 438 g/mol. The molecule has 0 bridgehead atoms. The summed E-state index contributed by atoms with van der Waals surface area (Å²) >= 11 is 3.27. The lowest BCUT2D eigenvalue weighted by Crippen LogP contribution is -2.24. The van der Waals surface area contributed by atoms with E-state index in [1.165, 1.54) is 13.2 Å². The van der Waals surface area contributed by atoms with Crippen molar-refractivity contribution in [1.29, 1.82) is 0 Å². The molecule has 1 heterocycles. The van der Waals surface area contributed by atoms with Crippen molar-refractivity contribution >= 4 is 26.8 Å². The fourth-order valence-corrected chi connectivity index (χ4v) is 3.77. The van der Waals surface area contributed by atoms with Crippen LogP contribution in [0.4, 0.5) is 4.39 Å². The van der Waals surface area contributed by atoms with Gasteiger partial charge in [-0.05, 0) is 23.8 Å². The highest BCUT2D eigenvalue weighted by Gasteiger charge is 2.19. The second-order valence-electron chi connectivity index (χ2n) is 6.42. The zero-order valence-corrected chi connectivity index (χ0v) is 16.7. The van der Waals surface area contributed by atoms with Crippen LogP contribution in [0.5, 0.6) is 5.75 Å². The van der Waals surface area contributed by atoms with Crippen molar-refractivity contribution in [2.75, 3.05) is 7.11 Å². The SMILES string of the molecule is COc1c(-c2ccccc2)c2ccccc2n(Cc2ccc(Br)cc2F)c1=O. The lowest BCUT2D eigenvalue weighted by molar-refractivity contribution is 0.407. The normalized spacial score (nSPS) is 11.0. The number of benzene rings is 3. The fraction of sp³-hybridized carbons (Fsp3) is 0.0870. The van der Waals surface area contributed by atoms with Crippen LogP contribution in [0.25, 0.3) is 22.0 Å². The molecule has 0 aliphatic rings. The number of hydrogen-bond acceptors (Lipinski definition) is 2. The van der Waals surface area contributed by atoms with Gasteiger partial charge in [-0.3, -0.25) is 4.79 Å². The van der Waals surface area contributed by atoms with E-state index in [0.717, 1.165) is 22.0 Å². The predicted octanol–water partition coefficient (Wildman–Crippen LogP) is 5.63. The smallest absolute Gasteiger partial charge is 0.294 e. The van der Waals surface area contributed by atoms with Crippen molar-refractivity contribution < 1.29 is 9.13 Å². The Morgan fingerprint density at radius 3 is 2.43 bits per heavy atom. The number of nitrogens with zero attached hydrogens (tertiary/aromatic N) is 1. The third-order valence-corrected chi connectivity index (χ3v) is 5.23. The average Bonchev–Trinajstić information content (AvgIpc) is 2.71. The molecular weight excluding hydrogens is 421 g/mol. The number of fused-ring (bicyclic) bond motifs is 1. The van der Waals surface area contributed by atoms with Crippen molar-refractivity contribution in [3.63, 3.8) is 0 Å². The molecule has 0 aliphatic heterocycles. The van der Waals surface area contributed by atoms with Crippen molar-refractivity contribution in [2.24, 2.45) is 0 Å². The topological polar surface area (TPSA) is 31.2 Å². The van der Waals surface area contributed by atoms with Gasteiger partial charge in [-0.15, -0.1) is 0 Å². The molecule has 0 spiro atoms. The minimum absolute atomic E-state index is 0.115. The molecule has 4 rings (SSSR count). The first kappa shape index (κ1) is 18.4. The fourth-order valence-electron chi connectivity index (χ4n) is 3.44. The van der Waals surface area contributed by atoms with E-state index in [0.29, 0.717) is 10.0 Å². The van der Waals surface area contributed by atoms with Gasteiger partial charge in [0, 0.05) is 21.0 Å². The number of hydrogen-bond donors (Lipinski definition) is 0. The molecule has 1 aromatic heterocycles. The highest BCUT2D eigenvalue weighted by Crippen LogP contribution is 2.34. The van der Waals surface area contributed by atoms with Crippen LogP contribution in [0.3, 0.4) is 0 Å². The Morgan fingerprint density at radius 1 is 1.00 bits per heavy atom. The van der Waals surface area contributed by atoms with Crippen LogP contribution in [0.1, 0.15) is 5.56 Å². The van der Waals surface area contributed by atoms with Crippen molar-refractivity contribution in [3.05, 3.63) is 99.0 Å². The third kappa shape index (κ3) is 3.22. The van der Waals surface area contributed by atoms with Gasteiger partial charge >= 0.3 is 0 Å². The Balaban J connectivity index is 2.01. The molecule has 4 aromatic rings. The summed E-state index contributed by atoms with van der Waals surface area (Å²) in [5.41, 5.74) is 2.52. The van der Waals surface area contributed by atoms with Crippen LogP contribution < -0.4 is 10.3 Å². The Hall–Kier alpha value is -2.92. The summed E-state index contributed by atoms with van der Waals surface area (Å²) < 4.78 is 22.2. The van der Waals surface area contributed by atoms with Crippen LogP contribution >= 0.6 is 15.9 Å². The van der Waals surface area contributed by atoms with E-state index in [1.807, 2.05) is 54.6 Å². The van der Waals surface area contributed by atoms with Gasteiger partial charge in [-0.1, -0.05) is 70.5 Å². The maximum absolute atomic E-state index is 14.4. The van der Waals surface area contributed by atoms with E-state index >= 15 is 0 Å². The molecule has 3 aromatic carbocycles. The number of para-hydroxylation sites is 1. The molecule has 0 saturated carbocycles. The Morgan fingerprint density at radius 2 is 1.71 bits per heavy atom. The number of rotatable bonds is 4. The van der Waals surface area contributed by atoms with Crippen LogP contribution in [0, 0.1) is 5.82 Å². The van der Waals surface area contributed by atoms with Crippen LogP contribution in [0.15, 0.2) is 82.1 Å². The van der Waals surface area contributed by atoms with Crippen LogP contribution in [0.2, 0.25) is 0 Å². The monoisotopic (exact) mass is 437 g/mol. The van der Waals surface area contributed by atoms with Gasteiger partial charge in [-0.2, -0.15) is 0 Å². The standard InChI is InChI=1S/C23H17BrFNO2/c1-28-22-21(15-7-3-2-4-8-15)18-9-5-6-10-20(18)26(23(22)27)14-16-11-12-17(24)13-19(16)25/h2-13H,14H2,1H3. The van der Waals surface area contributed by atoms with E-state index in [-0.39, 0.29) is 23.7 Å². The van der Waals surface area contributed by atoms with E-state index in [9.17, 15) is 9.18 Å². The summed E-state index contributed by atoms with van der Waals surface area (Å²) in [5, 5.41) is 0.877. The van der Waals surface area contributed by atoms with Gasteiger partial charge < -0.3 is 9.30 Å². The first-order valence-corrected chi connectivity index (χ1v) is 9.58. The molecule has 0 fully saturated rings. The summed E-state index contributed by atoms with van der Waals surface area (Å²) in [7, 11) is 1.49. The molecule has 0 aliphatic carbocycles. The zero-order valence-electron chi connectivity index (χ0n) is 15.2. The molecule has 3 nitrogen and oxygen atoms in total. The van der Waals surface area contributed by atoms with Gasteiger partial charge in [0.1, 0.15) is 5.82 Å². The molecular formula is C23H17BrFNO2. The Kier molecular flexibility index (Phi) is 5.01. The molecule has 0 unspecified atom stereocenters. The predicted molar refractivity (Wildman–Crippen MR) is 113 cm³/mol. The molecule has 5 heteroatoms. The van der Waals surface area contributed by atoms with Gasteiger partial charge in [-0.25, -0.2) is 4.39 Å². The number of methoxy groups -OCH3 is 1. The largest absolute Gasteiger partial charge is 0.491 e. The number of pyridine rings is 1. The summed E-state index contributed by atoms with van der Waals surface area (Å²) in [6.45, 7) is 0.115. The second-order valence-corrected chi connectivity index (χ2v) is 7.33. The quantitative estimate of drug-likeness (QED) is 0.414. The van der Waals surface area contributed by atoms with E-state index in [1.54, 1.807) is 16.7 Å². The van der Waals surface area contributed by atoms with Crippen molar-refractivity contribution in [2.45, 2.75) is 6.54 Å². The first-order chi connectivity index (χ1) is 13.6. The minimum atomic E-state index is -0.364. The van der Waals surface area contributed by atoms with Gasteiger partial charge in [0.15, 0.2) is 5.75 Å². The van der Waals surface area contributed by atoms with Crippen LogP contribution in [-0.2, 0) is 6.54 Å². The maximum Gasteiger partial charge on any atom is 0.294 e. The zero-order chi connectivity index (χ0) is 19.7. The summed E-state index contributed by atoms with van der Waals surface area (Å²) in [5.74, 6) is -0.112. The summed E-state index contributed by atoms with van der Waals surface area (Å²) in [4.78, 5) is 13.3. The Bertz CT molecular complexity index is 1220. The second kappa shape index (κ2) is 7.60. The molecule has 0 radical (unpaired) electrons. The first-order valence-electron chi connectivity index (χ1n) is 8.79. The van der Waals surface area contributed by atoms with Crippen LogP contribution in [-0.4, -0.2) is 11.7 Å². The molecule has 0 atom stereocenters. The van der Waals surface area contributed by atoms with E-state index < -0.39 is 0 Å². The van der Waals surface area contributed by atoms with Gasteiger partial charge in [0.2, 0.25) is 0 Å². The highest BCUT2D eigenvalue weighted by atomic mass is 79.9. The van der Waals surface area contributed by atoms with Gasteiger partial charge in [0.25, 0.3) is 5.56 Å². The molecule has 0 saturated heterocycles. The van der Waals surface area contributed by atoms with E-state index in [2.05, 4.69) is 15.9 Å². The Labute approximate surface area is 170 Å². The lowest BCUT2D eigenvalue weighted by Gasteiger charge is -2.17. The maximum atomic E-state index is 14.4.